The molecule has 0 bridgehead atoms. The molecule has 6 nitrogen and oxygen atoms in total. The van der Waals surface area contributed by atoms with E-state index in [1.807, 2.05) is 0 Å². The van der Waals surface area contributed by atoms with Gasteiger partial charge in [-0.1, -0.05) is 41.5 Å². The maximum absolute atomic E-state index is 14.9. The number of ether oxygens (including phenoxy) is 3. The van der Waals surface area contributed by atoms with E-state index < -0.39 is 142 Å². The summed E-state index contributed by atoms with van der Waals surface area (Å²) in [5, 5.41) is 0. The first kappa shape index (κ1) is 61.9. The van der Waals surface area contributed by atoms with Crippen molar-refractivity contribution < 1.29 is 94.5 Å². The first-order valence-electron chi connectivity index (χ1n) is 25.8. The summed E-state index contributed by atoms with van der Waals surface area (Å²) in [6, 6.07) is 0. The number of esters is 3. The molecule has 0 radical (unpaired) electrons. The van der Waals surface area contributed by atoms with E-state index in [4.69, 9.17) is 14.2 Å². The Morgan fingerprint density at radius 1 is 0.472 bits per heavy atom. The first-order chi connectivity index (χ1) is 32.8. The minimum absolute atomic E-state index is 0.145. The average Bonchev–Trinajstić information content (AvgIpc) is 4.09. The van der Waals surface area contributed by atoms with Crippen LogP contribution in [-0.4, -0.2) is 87.3 Å². The molecule has 420 valence electrons. The van der Waals surface area contributed by atoms with E-state index in [1.165, 1.54) is 20.8 Å². The van der Waals surface area contributed by atoms with E-state index in [1.54, 1.807) is 20.8 Å². The van der Waals surface area contributed by atoms with Crippen molar-refractivity contribution in [2.75, 3.05) is 0 Å². The summed E-state index contributed by atoms with van der Waals surface area (Å²) in [7, 11) is 0. The van der Waals surface area contributed by atoms with Crippen LogP contribution in [0.15, 0.2) is 0 Å². The Labute approximate surface area is 413 Å². The Morgan fingerprint density at radius 2 is 0.792 bits per heavy atom. The van der Waals surface area contributed by atoms with Gasteiger partial charge in [-0.05, 0) is 148 Å². The van der Waals surface area contributed by atoms with Crippen molar-refractivity contribution in [3.05, 3.63) is 0 Å². The Kier molecular flexibility index (Phi) is 18.4. The minimum Gasteiger partial charge on any atom is -0.459 e. The van der Waals surface area contributed by atoms with Crippen molar-refractivity contribution in [1.29, 1.82) is 0 Å². The van der Waals surface area contributed by atoms with Crippen molar-refractivity contribution in [1.82, 2.24) is 0 Å². The minimum atomic E-state index is -4.48. The standard InChI is InChI=1S/3C17H25F5O2/c1-4-15(7-5-6-8-15)24-13(23)12-9-11(2)10-16(20,14(3,18)19)17(12,21)22;1-4-11-10-12(17(21,22)16(11,20)14(3,18)19)13(23)24-15(5-2)8-6-7-9-15;1-4-11-10-12(17(21,22)14(3,18)16(11,19)20)13(23)24-15(5-2)8-6-7-9-15/h3*11-12H,4-10H2,1-3H3. The molecule has 0 heterocycles. The van der Waals surface area contributed by atoms with Crippen LogP contribution < -0.4 is 0 Å². The van der Waals surface area contributed by atoms with Crippen molar-refractivity contribution >= 4 is 17.9 Å². The number of hydrogen-bond donors (Lipinski definition) is 0. The molecule has 6 rings (SSSR count). The lowest BCUT2D eigenvalue weighted by atomic mass is 9.67. The summed E-state index contributed by atoms with van der Waals surface area (Å²) < 4.78 is 230. The molecule has 0 aromatic rings. The number of rotatable bonds is 13. The first-order valence-corrected chi connectivity index (χ1v) is 25.8. The van der Waals surface area contributed by atoms with Gasteiger partial charge in [0.1, 0.15) is 34.6 Å². The lowest BCUT2D eigenvalue weighted by Crippen LogP contribution is -2.67. The molecule has 0 aliphatic heterocycles. The van der Waals surface area contributed by atoms with Crippen LogP contribution in [0.5, 0.6) is 0 Å². The summed E-state index contributed by atoms with van der Waals surface area (Å²) in [6.45, 7) is 10.0. The van der Waals surface area contributed by atoms with Crippen molar-refractivity contribution in [3.8, 4) is 0 Å². The molecule has 0 N–H and O–H groups in total. The van der Waals surface area contributed by atoms with Crippen LogP contribution in [0.2, 0.25) is 0 Å². The number of carbonyl (C=O) groups excluding carboxylic acids is 3. The quantitative estimate of drug-likeness (QED) is 0.104. The van der Waals surface area contributed by atoms with Gasteiger partial charge < -0.3 is 14.2 Å². The number of halogens is 15. The molecular formula is C51H75F15O6. The molecule has 72 heavy (non-hydrogen) atoms. The monoisotopic (exact) mass is 1070 g/mol. The lowest BCUT2D eigenvalue weighted by Gasteiger charge is -2.48. The maximum atomic E-state index is 14.9. The fourth-order valence-electron chi connectivity index (χ4n) is 12.4. The third-order valence-corrected chi connectivity index (χ3v) is 17.6. The topological polar surface area (TPSA) is 78.9 Å². The third kappa shape index (κ3) is 10.8. The summed E-state index contributed by atoms with van der Waals surface area (Å²) in [4.78, 5) is 37.1. The molecule has 0 saturated heterocycles. The highest BCUT2D eigenvalue weighted by Gasteiger charge is 2.80. The Bertz CT molecular complexity index is 1830. The van der Waals surface area contributed by atoms with Gasteiger partial charge in [0.15, 0.2) is 0 Å². The van der Waals surface area contributed by atoms with E-state index in [0.717, 1.165) is 38.5 Å². The summed E-state index contributed by atoms with van der Waals surface area (Å²) in [6.07, 6.45) is 6.59. The molecule has 9 atom stereocenters. The molecule has 0 spiro atoms. The van der Waals surface area contributed by atoms with E-state index >= 15 is 0 Å². The van der Waals surface area contributed by atoms with Gasteiger partial charge in [0.05, 0.1) is 0 Å². The molecule has 6 aliphatic carbocycles. The zero-order valence-electron chi connectivity index (χ0n) is 42.9. The zero-order valence-corrected chi connectivity index (χ0v) is 42.9. The highest BCUT2D eigenvalue weighted by molar-refractivity contribution is 5.76. The van der Waals surface area contributed by atoms with Crippen molar-refractivity contribution in [2.24, 2.45) is 35.5 Å². The second-order valence-electron chi connectivity index (χ2n) is 22.2. The molecule has 0 amide bonds. The summed E-state index contributed by atoms with van der Waals surface area (Å²) in [5.74, 6) is -40.3. The van der Waals surface area contributed by atoms with Crippen molar-refractivity contribution in [3.63, 3.8) is 0 Å². The highest BCUT2D eigenvalue weighted by Crippen LogP contribution is 2.62. The molecule has 9 unspecified atom stereocenters. The van der Waals surface area contributed by atoms with Crippen LogP contribution in [0, 0.1) is 35.5 Å². The van der Waals surface area contributed by atoms with Gasteiger partial charge in [0.2, 0.25) is 17.0 Å². The van der Waals surface area contributed by atoms with Gasteiger partial charge >= 0.3 is 29.8 Å². The predicted molar refractivity (Wildman–Crippen MR) is 237 cm³/mol. The lowest BCUT2D eigenvalue weighted by molar-refractivity contribution is -0.306. The summed E-state index contributed by atoms with van der Waals surface area (Å²) >= 11 is 0. The number of hydrogen-bond acceptors (Lipinski definition) is 6. The van der Waals surface area contributed by atoms with Crippen LogP contribution in [0.25, 0.3) is 0 Å². The molecule has 0 aromatic carbocycles. The Balaban J connectivity index is 0.000000234. The SMILES string of the molecule is CCC1(OC(=O)C2CC(C)CC(F)(C(C)(F)F)C2(F)F)CCCC1.CCC1CC(C(=O)OC2(CC)CCCC2)C(F)(F)C(C)(F)C1(F)F.CCC1CC(C(=O)OC2(CC)CCCC2)C(F)(F)C1(F)C(C)(F)F. The van der Waals surface area contributed by atoms with E-state index in [0.29, 0.717) is 57.8 Å². The summed E-state index contributed by atoms with van der Waals surface area (Å²) in [5.41, 5.74) is -14.6. The normalized spacial score (nSPS) is 36.0. The second kappa shape index (κ2) is 21.4. The van der Waals surface area contributed by atoms with Crippen LogP contribution in [0.1, 0.15) is 197 Å². The van der Waals surface area contributed by atoms with Gasteiger partial charge in [0.25, 0.3) is 23.7 Å². The molecule has 21 heteroatoms. The Hall–Kier alpha value is -2.64. The van der Waals surface area contributed by atoms with Crippen LogP contribution in [-0.2, 0) is 28.6 Å². The fraction of sp³-hybridized carbons (Fsp3) is 0.941. The predicted octanol–water partition coefficient (Wildman–Crippen LogP) is 15.9. The van der Waals surface area contributed by atoms with Crippen molar-refractivity contribution in [2.45, 2.75) is 266 Å². The second-order valence-corrected chi connectivity index (χ2v) is 22.2. The van der Waals surface area contributed by atoms with Crippen LogP contribution in [0.3, 0.4) is 0 Å². The van der Waals surface area contributed by atoms with Gasteiger partial charge in [-0.2, -0.15) is 0 Å². The van der Waals surface area contributed by atoms with E-state index in [9.17, 15) is 80.2 Å². The van der Waals surface area contributed by atoms with Gasteiger partial charge in [-0.15, -0.1) is 0 Å². The van der Waals surface area contributed by atoms with Crippen LogP contribution >= 0.6 is 0 Å². The molecule has 6 aliphatic rings. The zero-order chi connectivity index (χ0) is 55.2. The Morgan fingerprint density at radius 3 is 1.08 bits per heavy atom. The maximum Gasteiger partial charge on any atom is 0.315 e. The number of alkyl halides is 15. The fourth-order valence-corrected chi connectivity index (χ4v) is 12.4. The average molecular weight is 1070 g/mol. The third-order valence-electron chi connectivity index (χ3n) is 17.6. The van der Waals surface area contributed by atoms with Gasteiger partial charge in [-0.25, -0.2) is 65.9 Å². The van der Waals surface area contributed by atoms with Crippen LogP contribution in [0.4, 0.5) is 65.9 Å². The molecular weight excluding hydrogens is 994 g/mol. The number of carbonyl (C=O) groups is 3. The van der Waals surface area contributed by atoms with Gasteiger partial charge in [-0.3, -0.25) is 14.4 Å². The molecule has 0 aromatic heterocycles. The van der Waals surface area contributed by atoms with E-state index in [2.05, 4.69) is 0 Å². The highest BCUT2D eigenvalue weighted by atomic mass is 19.3. The molecule has 6 saturated carbocycles. The largest absolute Gasteiger partial charge is 0.459 e. The van der Waals surface area contributed by atoms with Gasteiger partial charge in [0, 0.05) is 25.7 Å². The smallest absolute Gasteiger partial charge is 0.315 e. The van der Waals surface area contributed by atoms with E-state index in [-0.39, 0.29) is 40.0 Å². The molecule has 6 fully saturated rings.